The van der Waals surface area contributed by atoms with Gasteiger partial charge >= 0.3 is 5.97 Å². The molecule has 0 spiro atoms. The number of carboxylic acids is 1. The molecular formula is C19H29NO3S. The van der Waals surface area contributed by atoms with Gasteiger partial charge in [0.2, 0.25) is 0 Å². The molecule has 2 unspecified atom stereocenters. The van der Waals surface area contributed by atoms with Crippen LogP contribution in [0.5, 0.6) is 5.75 Å². The summed E-state index contributed by atoms with van der Waals surface area (Å²) in [6, 6.07) is 7.82. The van der Waals surface area contributed by atoms with E-state index in [-0.39, 0.29) is 16.2 Å². The van der Waals surface area contributed by atoms with Crippen molar-refractivity contribution in [2.24, 2.45) is 5.41 Å². The van der Waals surface area contributed by atoms with Crippen LogP contribution in [0.4, 0.5) is 0 Å². The summed E-state index contributed by atoms with van der Waals surface area (Å²) in [5, 5.41) is 12.1. The van der Waals surface area contributed by atoms with Crippen molar-refractivity contribution in [1.29, 1.82) is 0 Å². The molecule has 1 aliphatic heterocycles. The van der Waals surface area contributed by atoms with Crippen LogP contribution in [0.25, 0.3) is 0 Å². The maximum atomic E-state index is 10.9. The summed E-state index contributed by atoms with van der Waals surface area (Å²) < 4.78 is 5.81. The molecule has 2 rings (SSSR count). The minimum Gasteiger partial charge on any atom is -0.491 e. The molecule has 5 heteroatoms. The zero-order valence-electron chi connectivity index (χ0n) is 15.3. The van der Waals surface area contributed by atoms with Gasteiger partial charge in [-0.1, -0.05) is 46.8 Å². The molecule has 2 atom stereocenters. The monoisotopic (exact) mass is 351 g/mol. The average Bonchev–Trinajstić information content (AvgIpc) is 2.92. The zero-order chi connectivity index (χ0) is 18.0. The van der Waals surface area contributed by atoms with Gasteiger partial charge in [-0.05, 0) is 34.9 Å². The molecule has 0 aromatic heterocycles. The van der Waals surface area contributed by atoms with Gasteiger partial charge in [0.15, 0.2) is 0 Å². The van der Waals surface area contributed by atoms with Gasteiger partial charge < -0.3 is 9.84 Å². The normalized spacial score (nSPS) is 21.7. The topological polar surface area (TPSA) is 58.6 Å². The number of nitrogens with one attached hydrogen (secondary N) is 1. The van der Waals surface area contributed by atoms with Crippen molar-refractivity contribution in [3.8, 4) is 5.75 Å². The van der Waals surface area contributed by atoms with E-state index in [4.69, 9.17) is 9.84 Å². The molecule has 4 nitrogen and oxygen atoms in total. The summed E-state index contributed by atoms with van der Waals surface area (Å²) in [7, 11) is 0. The van der Waals surface area contributed by atoms with Crippen molar-refractivity contribution in [3.63, 3.8) is 0 Å². The number of carbonyl (C=O) groups is 1. The molecule has 0 radical (unpaired) electrons. The van der Waals surface area contributed by atoms with E-state index in [9.17, 15) is 4.79 Å². The first-order valence-corrected chi connectivity index (χ1v) is 9.45. The summed E-state index contributed by atoms with van der Waals surface area (Å²) in [5.41, 5.74) is 1.71. The van der Waals surface area contributed by atoms with E-state index in [0.717, 1.165) is 12.2 Å². The molecule has 134 valence electrons. The van der Waals surface area contributed by atoms with Crippen LogP contribution in [-0.4, -0.2) is 34.9 Å². The Labute approximate surface area is 149 Å². The Hall–Kier alpha value is -1.20. The lowest BCUT2D eigenvalue weighted by Gasteiger charge is -2.33. The summed E-state index contributed by atoms with van der Waals surface area (Å²) in [5.74, 6) is 0.616. The second kappa shape index (κ2) is 7.36. The van der Waals surface area contributed by atoms with Crippen molar-refractivity contribution >= 4 is 17.7 Å². The number of aliphatic carboxylic acids is 1. The fraction of sp³-hybridized carbons (Fsp3) is 0.632. The van der Waals surface area contributed by atoms with Gasteiger partial charge in [-0.3, -0.25) is 10.1 Å². The molecule has 0 bridgehead atoms. The number of hydrogen-bond donors (Lipinski definition) is 2. The molecule has 0 saturated carbocycles. The lowest BCUT2D eigenvalue weighted by molar-refractivity contribution is -0.138. The van der Waals surface area contributed by atoms with E-state index in [1.807, 2.05) is 12.1 Å². The molecule has 1 aliphatic rings. The fourth-order valence-corrected chi connectivity index (χ4v) is 4.46. The number of benzene rings is 1. The number of ether oxygens (including phenoxy) is 1. The van der Waals surface area contributed by atoms with E-state index in [0.29, 0.717) is 12.4 Å². The first kappa shape index (κ1) is 19.1. The lowest BCUT2D eigenvalue weighted by Crippen LogP contribution is -2.38. The Balaban J connectivity index is 1.89. The maximum Gasteiger partial charge on any atom is 0.321 e. The highest BCUT2D eigenvalue weighted by molar-refractivity contribution is 8.00. The van der Waals surface area contributed by atoms with Crippen molar-refractivity contribution in [1.82, 2.24) is 5.32 Å². The summed E-state index contributed by atoms with van der Waals surface area (Å²) in [6.07, 6.45) is 1.11. The second-order valence-corrected chi connectivity index (χ2v) is 9.57. The number of carboxylic acid groups (broad SMARTS) is 1. The van der Waals surface area contributed by atoms with E-state index < -0.39 is 12.0 Å². The first-order valence-electron chi connectivity index (χ1n) is 8.41. The SMILES string of the molecule is CC(C)(C)CC(C)(C)c1ccc(OCC2NC(C(=O)O)CS2)cc1. The van der Waals surface area contributed by atoms with Crippen LogP contribution in [0, 0.1) is 5.41 Å². The van der Waals surface area contributed by atoms with Crippen LogP contribution in [0.2, 0.25) is 0 Å². The number of hydrogen-bond acceptors (Lipinski definition) is 4. The predicted octanol–water partition coefficient (Wildman–Crippen LogP) is 3.89. The molecule has 1 saturated heterocycles. The van der Waals surface area contributed by atoms with Gasteiger partial charge in [0.1, 0.15) is 18.4 Å². The molecular weight excluding hydrogens is 322 g/mol. The van der Waals surface area contributed by atoms with Gasteiger partial charge in [-0.15, -0.1) is 11.8 Å². The minimum absolute atomic E-state index is 0.0307. The van der Waals surface area contributed by atoms with Crippen LogP contribution in [0.1, 0.15) is 46.6 Å². The van der Waals surface area contributed by atoms with Crippen molar-refractivity contribution < 1.29 is 14.6 Å². The quantitative estimate of drug-likeness (QED) is 0.814. The van der Waals surface area contributed by atoms with E-state index in [1.54, 1.807) is 11.8 Å². The second-order valence-electron chi connectivity index (χ2n) is 8.34. The highest BCUT2D eigenvalue weighted by atomic mass is 32.2. The van der Waals surface area contributed by atoms with Crippen LogP contribution in [0.3, 0.4) is 0 Å². The molecule has 1 fully saturated rings. The average molecular weight is 352 g/mol. The predicted molar refractivity (Wildman–Crippen MR) is 99.8 cm³/mol. The number of rotatable bonds is 6. The molecule has 24 heavy (non-hydrogen) atoms. The van der Waals surface area contributed by atoms with Gasteiger partial charge in [-0.2, -0.15) is 0 Å². The van der Waals surface area contributed by atoms with Gasteiger partial charge in [-0.25, -0.2) is 0 Å². The summed E-state index contributed by atoms with van der Waals surface area (Å²) >= 11 is 1.59. The van der Waals surface area contributed by atoms with Crippen molar-refractivity contribution in [2.75, 3.05) is 12.4 Å². The smallest absolute Gasteiger partial charge is 0.321 e. The van der Waals surface area contributed by atoms with Crippen molar-refractivity contribution in [3.05, 3.63) is 29.8 Å². The van der Waals surface area contributed by atoms with E-state index in [2.05, 4.69) is 52.1 Å². The number of thioether (sulfide) groups is 1. The van der Waals surface area contributed by atoms with Crippen LogP contribution >= 0.6 is 11.8 Å². The fourth-order valence-electron chi connectivity index (χ4n) is 3.37. The first-order chi connectivity index (χ1) is 11.1. The largest absolute Gasteiger partial charge is 0.491 e. The third kappa shape index (κ3) is 5.42. The molecule has 2 N–H and O–H groups in total. The molecule has 0 amide bonds. The minimum atomic E-state index is -0.796. The van der Waals surface area contributed by atoms with Gasteiger partial charge in [0, 0.05) is 5.75 Å². The van der Waals surface area contributed by atoms with Gasteiger partial charge in [0.25, 0.3) is 0 Å². The Morgan fingerprint density at radius 1 is 1.25 bits per heavy atom. The van der Waals surface area contributed by atoms with Crippen LogP contribution in [-0.2, 0) is 10.2 Å². The lowest BCUT2D eigenvalue weighted by atomic mass is 9.72. The Morgan fingerprint density at radius 2 is 1.88 bits per heavy atom. The standard InChI is InChI=1S/C19H29NO3S/c1-18(2,3)12-19(4,5)13-6-8-14(9-7-13)23-10-16-20-15(11-24-16)17(21)22/h6-9,15-16,20H,10-12H2,1-5H3,(H,21,22). The van der Waals surface area contributed by atoms with Crippen LogP contribution in [0.15, 0.2) is 24.3 Å². The van der Waals surface area contributed by atoms with Gasteiger partial charge in [0.05, 0.1) is 5.37 Å². The van der Waals surface area contributed by atoms with Crippen molar-refractivity contribution in [2.45, 2.75) is 57.9 Å². The highest BCUT2D eigenvalue weighted by Gasteiger charge is 2.30. The van der Waals surface area contributed by atoms with Crippen LogP contribution < -0.4 is 10.1 Å². The molecule has 1 aromatic carbocycles. The molecule has 1 aromatic rings. The van der Waals surface area contributed by atoms with E-state index >= 15 is 0 Å². The summed E-state index contributed by atoms with van der Waals surface area (Å²) in [6.45, 7) is 11.8. The molecule has 1 heterocycles. The third-order valence-corrected chi connectivity index (χ3v) is 5.36. The highest BCUT2D eigenvalue weighted by Crippen LogP contribution is 2.36. The third-order valence-electron chi connectivity index (χ3n) is 4.16. The zero-order valence-corrected chi connectivity index (χ0v) is 16.1. The Kier molecular flexibility index (Phi) is 5.87. The summed E-state index contributed by atoms with van der Waals surface area (Å²) in [4.78, 5) is 10.9. The molecule has 0 aliphatic carbocycles. The Morgan fingerprint density at radius 3 is 2.38 bits per heavy atom. The Bertz CT molecular complexity index is 563. The van der Waals surface area contributed by atoms with E-state index in [1.165, 1.54) is 5.56 Å². The maximum absolute atomic E-state index is 10.9.